The zero-order chi connectivity index (χ0) is 23.2. The Labute approximate surface area is 192 Å². The van der Waals surface area contributed by atoms with Crippen molar-refractivity contribution >= 4 is 22.8 Å². The maximum Gasteiger partial charge on any atom is 0.303 e. The minimum Gasteiger partial charge on any atom is -0.491 e. The largest absolute Gasteiger partial charge is 0.491 e. The smallest absolute Gasteiger partial charge is 0.303 e. The highest BCUT2D eigenvalue weighted by Gasteiger charge is 2.13. The topological polar surface area (TPSA) is 100 Å². The number of aliphatic carboxylic acids is 1. The fourth-order valence-corrected chi connectivity index (χ4v) is 3.79. The van der Waals surface area contributed by atoms with Crippen molar-refractivity contribution in [2.24, 2.45) is 0 Å². The molecule has 0 saturated carbocycles. The number of carboxylic acids is 1. The van der Waals surface area contributed by atoms with Gasteiger partial charge in [-0.3, -0.25) is 4.79 Å². The number of nitrogens with zero attached hydrogens (tertiary/aromatic N) is 2. The predicted molar refractivity (Wildman–Crippen MR) is 129 cm³/mol. The summed E-state index contributed by atoms with van der Waals surface area (Å²) in [7, 11) is 0. The van der Waals surface area contributed by atoms with Crippen LogP contribution in [-0.4, -0.2) is 32.1 Å². The average Bonchev–Trinajstić information content (AvgIpc) is 3.25. The molecule has 2 heterocycles. The zero-order valence-corrected chi connectivity index (χ0v) is 18.8. The maximum absolute atomic E-state index is 10.7. The van der Waals surface area contributed by atoms with E-state index in [1.54, 1.807) is 6.33 Å². The summed E-state index contributed by atoms with van der Waals surface area (Å²) in [5, 5.41) is 13.2. The van der Waals surface area contributed by atoms with Crippen molar-refractivity contribution in [3.63, 3.8) is 0 Å². The number of anilines is 1. The second kappa shape index (κ2) is 10.2. The van der Waals surface area contributed by atoms with Crippen molar-refractivity contribution in [1.29, 1.82) is 0 Å². The van der Waals surface area contributed by atoms with E-state index in [-0.39, 0.29) is 18.6 Å². The van der Waals surface area contributed by atoms with Gasteiger partial charge in [0.25, 0.3) is 0 Å². The number of hydrogen-bond acceptors (Lipinski definition) is 5. The summed E-state index contributed by atoms with van der Waals surface area (Å²) in [4.78, 5) is 22.9. The molecule has 2 atom stereocenters. The molecule has 0 fully saturated rings. The van der Waals surface area contributed by atoms with Gasteiger partial charge in [-0.1, -0.05) is 30.3 Å². The van der Waals surface area contributed by atoms with E-state index in [1.165, 1.54) is 5.56 Å². The highest BCUT2D eigenvalue weighted by molar-refractivity contribution is 5.91. The van der Waals surface area contributed by atoms with Gasteiger partial charge >= 0.3 is 5.97 Å². The van der Waals surface area contributed by atoms with Gasteiger partial charge < -0.3 is 20.1 Å². The van der Waals surface area contributed by atoms with Crippen LogP contribution < -0.4 is 10.1 Å². The highest BCUT2D eigenvalue weighted by Crippen LogP contribution is 2.30. The molecule has 170 valence electrons. The van der Waals surface area contributed by atoms with E-state index in [1.807, 2.05) is 49.4 Å². The molecule has 2 aromatic heterocycles. The Morgan fingerprint density at radius 3 is 2.58 bits per heavy atom. The standard InChI is InChI=1S/C26H28N4O3/c1-17(7-6-10-24(31)32)33-21-13-11-20(12-14-21)23-15-22-25(27-16-28-26(22)30-23)29-18(2)19-8-4-3-5-9-19/h3-5,8-9,11-18H,6-7,10H2,1-2H3,(H,31,32)(H2,27,28,29,30)/t17-,18?/m1/s1. The van der Waals surface area contributed by atoms with Gasteiger partial charge in [-0.05, 0) is 68.1 Å². The van der Waals surface area contributed by atoms with Gasteiger partial charge in [-0.25, -0.2) is 9.97 Å². The molecule has 0 aliphatic heterocycles. The van der Waals surface area contributed by atoms with Crippen LogP contribution in [0.25, 0.3) is 22.3 Å². The number of benzene rings is 2. The van der Waals surface area contributed by atoms with E-state index in [4.69, 9.17) is 9.84 Å². The van der Waals surface area contributed by atoms with Gasteiger partial charge in [-0.15, -0.1) is 0 Å². The molecule has 0 aliphatic rings. The van der Waals surface area contributed by atoms with E-state index in [9.17, 15) is 4.79 Å². The third kappa shape index (κ3) is 5.68. The number of hydrogen-bond donors (Lipinski definition) is 3. The molecule has 0 aliphatic carbocycles. The first-order valence-electron chi connectivity index (χ1n) is 11.1. The molecule has 0 radical (unpaired) electrons. The van der Waals surface area contributed by atoms with E-state index >= 15 is 0 Å². The Kier molecular flexibility index (Phi) is 6.88. The Hall–Kier alpha value is -3.87. The SMILES string of the molecule is CC(Nc1ncnc2[nH]c(-c3ccc(O[C@H](C)CCCC(=O)O)cc3)cc12)c1ccccc1. The number of aromatic amines is 1. The molecule has 2 aromatic carbocycles. The second-order valence-corrected chi connectivity index (χ2v) is 8.18. The Morgan fingerprint density at radius 2 is 1.85 bits per heavy atom. The monoisotopic (exact) mass is 444 g/mol. The van der Waals surface area contributed by atoms with Crippen molar-refractivity contribution in [2.75, 3.05) is 5.32 Å². The number of ether oxygens (including phenoxy) is 1. The summed E-state index contributed by atoms with van der Waals surface area (Å²) in [5.41, 5.74) is 3.92. The van der Waals surface area contributed by atoms with Gasteiger partial charge in [0.05, 0.1) is 11.5 Å². The fraction of sp³-hybridized carbons (Fsp3) is 0.269. The molecule has 4 rings (SSSR count). The highest BCUT2D eigenvalue weighted by atomic mass is 16.5. The van der Waals surface area contributed by atoms with Gasteiger partial charge in [0, 0.05) is 18.2 Å². The molecular formula is C26H28N4O3. The number of fused-ring (bicyclic) bond motifs is 1. The molecule has 0 saturated heterocycles. The lowest BCUT2D eigenvalue weighted by Gasteiger charge is -2.15. The number of aromatic nitrogens is 3. The predicted octanol–water partition coefficient (Wildman–Crippen LogP) is 5.82. The lowest BCUT2D eigenvalue weighted by atomic mass is 10.1. The number of nitrogens with one attached hydrogen (secondary N) is 2. The molecular weight excluding hydrogens is 416 g/mol. The van der Waals surface area contributed by atoms with Gasteiger partial charge in [0.15, 0.2) is 0 Å². The van der Waals surface area contributed by atoms with Crippen LogP contribution in [0.3, 0.4) is 0 Å². The minimum absolute atomic E-state index is 0.0428. The third-order valence-electron chi connectivity index (χ3n) is 5.58. The van der Waals surface area contributed by atoms with Crippen LogP contribution in [0.15, 0.2) is 67.0 Å². The number of H-pyrrole nitrogens is 1. The Morgan fingerprint density at radius 1 is 1.09 bits per heavy atom. The van der Waals surface area contributed by atoms with E-state index in [2.05, 4.69) is 45.4 Å². The lowest BCUT2D eigenvalue weighted by Crippen LogP contribution is -2.12. The van der Waals surface area contributed by atoms with Crippen molar-refractivity contribution in [1.82, 2.24) is 15.0 Å². The van der Waals surface area contributed by atoms with Crippen LogP contribution in [0.2, 0.25) is 0 Å². The van der Waals surface area contributed by atoms with Crippen molar-refractivity contribution in [3.05, 3.63) is 72.6 Å². The summed E-state index contributed by atoms with van der Waals surface area (Å²) in [6, 6.07) is 20.3. The molecule has 4 aromatic rings. The van der Waals surface area contributed by atoms with Crippen LogP contribution in [0.1, 0.15) is 44.7 Å². The van der Waals surface area contributed by atoms with Crippen LogP contribution in [0.4, 0.5) is 5.82 Å². The summed E-state index contributed by atoms with van der Waals surface area (Å²) in [6.45, 7) is 4.06. The van der Waals surface area contributed by atoms with Crippen LogP contribution in [-0.2, 0) is 4.79 Å². The summed E-state index contributed by atoms with van der Waals surface area (Å²) in [5.74, 6) is 0.771. The quantitative estimate of drug-likeness (QED) is 0.285. The molecule has 33 heavy (non-hydrogen) atoms. The van der Waals surface area contributed by atoms with Gasteiger partial charge in [-0.2, -0.15) is 0 Å². The molecule has 3 N–H and O–H groups in total. The molecule has 7 nitrogen and oxygen atoms in total. The molecule has 0 bridgehead atoms. The molecule has 0 amide bonds. The first-order valence-corrected chi connectivity index (χ1v) is 11.1. The van der Waals surface area contributed by atoms with E-state index in [0.717, 1.165) is 33.9 Å². The van der Waals surface area contributed by atoms with Crippen LogP contribution in [0, 0.1) is 0 Å². The fourth-order valence-electron chi connectivity index (χ4n) is 3.79. The first-order chi connectivity index (χ1) is 16.0. The second-order valence-electron chi connectivity index (χ2n) is 8.18. The number of rotatable bonds is 10. The summed E-state index contributed by atoms with van der Waals surface area (Å²) >= 11 is 0. The first kappa shape index (κ1) is 22.3. The van der Waals surface area contributed by atoms with Crippen molar-refractivity contribution < 1.29 is 14.6 Å². The molecule has 1 unspecified atom stereocenters. The average molecular weight is 445 g/mol. The van der Waals surface area contributed by atoms with Crippen molar-refractivity contribution in [3.8, 4) is 17.0 Å². The Bertz CT molecular complexity index is 1210. The van der Waals surface area contributed by atoms with Crippen molar-refractivity contribution in [2.45, 2.75) is 45.3 Å². The number of carbonyl (C=O) groups is 1. The van der Waals surface area contributed by atoms with Crippen LogP contribution >= 0.6 is 0 Å². The normalized spacial score (nSPS) is 12.9. The summed E-state index contributed by atoms with van der Waals surface area (Å²) < 4.78 is 5.92. The molecule has 7 heteroatoms. The lowest BCUT2D eigenvalue weighted by molar-refractivity contribution is -0.137. The van der Waals surface area contributed by atoms with E-state index in [0.29, 0.717) is 12.8 Å². The van der Waals surface area contributed by atoms with E-state index < -0.39 is 5.97 Å². The minimum atomic E-state index is -0.776. The number of carboxylic acid groups (broad SMARTS) is 1. The van der Waals surface area contributed by atoms with Crippen LogP contribution in [0.5, 0.6) is 5.75 Å². The van der Waals surface area contributed by atoms with Gasteiger partial charge in [0.2, 0.25) is 0 Å². The zero-order valence-electron chi connectivity index (χ0n) is 18.8. The summed E-state index contributed by atoms with van der Waals surface area (Å²) in [6.07, 6.45) is 2.98. The van der Waals surface area contributed by atoms with Gasteiger partial charge in [0.1, 0.15) is 23.5 Å². The Balaban J connectivity index is 1.46. The third-order valence-corrected chi connectivity index (χ3v) is 5.58. The molecule has 0 spiro atoms. The maximum atomic E-state index is 10.7.